The van der Waals surface area contributed by atoms with Crippen LogP contribution in [0.3, 0.4) is 0 Å². The molecule has 0 radical (unpaired) electrons. The lowest BCUT2D eigenvalue weighted by Crippen LogP contribution is -2.00. The molecule has 4 aromatic carbocycles. The Balaban J connectivity index is 1.33. The number of halogens is 1. The van der Waals surface area contributed by atoms with E-state index < -0.39 is 0 Å². The first-order valence-corrected chi connectivity index (χ1v) is 13.4. The van der Waals surface area contributed by atoms with Gasteiger partial charge < -0.3 is 4.74 Å². The molecule has 0 bridgehead atoms. The number of hydrogen-bond donors (Lipinski definition) is 0. The lowest BCUT2D eigenvalue weighted by molar-refractivity contribution is 0.482. The number of hydrogen-bond acceptors (Lipinski definition) is 6. The van der Waals surface area contributed by atoms with Crippen molar-refractivity contribution in [2.24, 2.45) is 0 Å². The zero-order chi connectivity index (χ0) is 24.3. The van der Waals surface area contributed by atoms with Gasteiger partial charge in [0.15, 0.2) is 11.0 Å². The van der Waals surface area contributed by atoms with Crippen LogP contribution in [0.4, 0.5) is 0 Å². The number of benzene rings is 4. The van der Waals surface area contributed by atoms with Crippen LogP contribution in [0.15, 0.2) is 108 Å². The predicted octanol–water partition coefficient (Wildman–Crippen LogP) is 8.28. The van der Waals surface area contributed by atoms with E-state index in [0.717, 1.165) is 44.3 Å². The van der Waals surface area contributed by atoms with Crippen LogP contribution in [0.25, 0.3) is 27.3 Å². The Morgan fingerprint density at radius 1 is 0.778 bits per heavy atom. The van der Waals surface area contributed by atoms with Gasteiger partial charge in [-0.2, -0.15) is 0 Å². The van der Waals surface area contributed by atoms with E-state index in [1.807, 2.05) is 97.1 Å². The summed E-state index contributed by atoms with van der Waals surface area (Å²) in [4.78, 5) is 4.77. The van der Waals surface area contributed by atoms with Crippen molar-refractivity contribution in [3.8, 4) is 28.6 Å². The molecule has 0 amide bonds. The Labute approximate surface area is 221 Å². The summed E-state index contributed by atoms with van der Waals surface area (Å²) in [6, 6.07) is 33.5. The first-order valence-electron chi connectivity index (χ1n) is 11.2. The summed E-state index contributed by atoms with van der Waals surface area (Å²) in [6.07, 6.45) is 0. The highest BCUT2D eigenvalue weighted by molar-refractivity contribution is 7.98. The Kier molecular flexibility index (Phi) is 6.42. The first kappa shape index (κ1) is 22.8. The van der Waals surface area contributed by atoms with Gasteiger partial charge in [0.1, 0.15) is 16.5 Å². The van der Waals surface area contributed by atoms with Crippen molar-refractivity contribution in [2.45, 2.75) is 10.9 Å². The monoisotopic (exact) mass is 526 g/mol. The maximum Gasteiger partial charge on any atom is 0.196 e. The average Bonchev–Trinajstić information content (AvgIpc) is 3.53. The molecule has 0 aliphatic heterocycles. The van der Waals surface area contributed by atoms with E-state index in [1.54, 1.807) is 23.1 Å². The fourth-order valence-corrected chi connectivity index (χ4v) is 5.82. The molecule has 0 aliphatic carbocycles. The van der Waals surface area contributed by atoms with Gasteiger partial charge in [-0.1, -0.05) is 53.7 Å². The molecule has 0 N–H and O–H groups in total. The molecule has 36 heavy (non-hydrogen) atoms. The molecule has 6 aromatic rings. The molecule has 0 spiro atoms. The third kappa shape index (κ3) is 4.86. The smallest absolute Gasteiger partial charge is 0.196 e. The van der Waals surface area contributed by atoms with Crippen molar-refractivity contribution in [1.29, 1.82) is 0 Å². The van der Waals surface area contributed by atoms with Crippen LogP contribution < -0.4 is 4.74 Å². The highest BCUT2D eigenvalue weighted by Crippen LogP contribution is 2.33. The molecule has 0 aliphatic rings. The van der Waals surface area contributed by atoms with Crippen LogP contribution in [0.1, 0.15) is 5.01 Å². The second-order valence-corrected chi connectivity index (χ2v) is 10.4. The second kappa shape index (κ2) is 10.1. The predicted molar refractivity (Wildman–Crippen MR) is 148 cm³/mol. The number of thioether (sulfide) groups is 1. The molecule has 0 saturated carbocycles. The lowest BCUT2D eigenvalue weighted by Gasteiger charge is -2.12. The van der Waals surface area contributed by atoms with Gasteiger partial charge in [0.2, 0.25) is 0 Å². The van der Waals surface area contributed by atoms with E-state index in [4.69, 9.17) is 21.3 Å². The lowest BCUT2D eigenvalue weighted by atomic mass is 10.2. The standard InChI is InChI=1S/C28H19ClN4OS2/c29-20-12-10-19(11-13-20)27-31-32-28(35-18-26-30-24-8-4-5-9-25(24)36-26)33(27)21-14-16-23(17-15-21)34-22-6-2-1-3-7-22/h1-17H,18H2. The van der Waals surface area contributed by atoms with Gasteiger partial charge in [0.25, 0.3) is 0 Å². The summed E-state index contributed by atoms with van der Waals surface area (Å²) in [5.74, 6) is 3.00. The fourth-order valence-electron chi connectivity index (χ4n) is 3.78. The normalized spacial score (nSPS) is 11.1. The van der Waals surface area contributed by atoms with E-state index in [1.165, 1.54) is 4.70 Å². The van der Waals surface area contributed by atoms with Gasteiger partial charge in [-0.25, -0.2) is 4.98 Å². The van der Waals surface area contributed by atoms with Crippen molar-refractivity contribution in [3.05, 3.63) is 113 Å². The average molecular weight is 527 g/mol. The summed E-state index contributed by atoms with van der Waals surface area (Å²) in [6.45, 7) is 0. The molecule has 5 nitrogen and oxygen atoms in total. The largest absolute Gasteiger partial charge is 0.457 e. The quantitative estimate of drug-likeness (QED) is 0.196. The fraction of sp³-hybridized carbons (Fsp3) is 0.0357. The minimum atomic E-state index is 0.678. The molecule has 0 unspecified atom stereocenters. The number of fused-ring (bicyclic) bond motifs is 1. The molecule has 6 rings (SSSR count). The van der Waals surface area contributed by atoms with Gasteiger partial charge >= 0.3 is 0 Å². The Morgan fingerprint density at radius 3 is 2.28 bits per heavy atom. The summed E-state index contributed by atoms with van der Waals surface area (Å²) < 4.78 is 9.22. The summed E-state index contributed by atoms with van der Waals surface area (Å²) in [7, 11) is 0. The van der Waals surface area contributed by atoms with E-state index in [-0.39, 0.29) is 0 Å². The Bertz CT molecular complexity index is 1580. The zero-order valence-electron chi connectivity index (χ0n) is 18.9. The van der Waals surface area contributed by atoms with Gasteiger partial charge in [-0.05, 0) is 72.8 Å². The Morgan fingerprint density at radius 2 is 1.50 bits per heavy atom. The van der Waals surface area contributed by atoms with Crippen molar-refractivity contribution in [1.82, 2.24) is 19.7 Å². The minimum Gasteiger partial charge on any atom is -0.457 e. The number of aromatic nitrogens is 4. The van der Waals surface area contributed by atoms with Crippen LogP contribution in [-0.4, -0.2) is 19.7 Å². The summed E-state index contributed by atoms with van der Waals surface area (Å²) in [5, 5.41) is 11.6. The van der Waals surface area contributed by atoms with Crippen molar-refractivity contribution >= 4 is 44.9 Å². The van der Waals surface area contributed by atoms with Crippen molar-refractivity contribution in [3.63, 3.8) is 0 Å². The SMILES string of the molecule is Clc1ccc(-c2nnc(SCc3nc4ccccc4s3)n2-c2ccc(Oc3ccccc3)cc2)cc1. The van der Waals surface area contributed by atoms with E-state index >= 15 is 0 Å². The third-order valence-electron chi connectivity index (χ3n) is 5.47. The maximum absolute atomic E-state index is 6.13. The van der Waals surface area contributed by atoms with Crippen LogP contribution >= 0.6 is 34.7 Å². The molecule has 2 aromatic heterocycles. The second-order valence-electron chi connectivity index (χ2n) is 7.92. The topological polar surface area (TPSA) is 52.8 Å². The molecule has 0 fully saturated rings. The molecule has 8 heteroatoms. The molecule has 2 heterocycles. The minimum absolute atomic E-state index is 0.678. The van der Waals surface area contributed by atoms with Crippen LogP contribution in [0, 0.1) is 0 Å². The highest BCUT2D eigenvalue weighted by atomic mass is 35.5. The molecular weight excluding hydrogens is 508 g/mol. The summed E-state index contributed by atoms with van der Waals surface area (Å²) in [5.41, 5.74) is 2.90. The highest BCUT2D eigenvalue weighted by Gasteiger charge is 2.17. The van der Waals surface area contributed by atoms with E-state index in [9.17, 15) is 0 Å². The molecular formula is C28H19ClN4OS2. The van der Waals surface area contributed by atoms with Crippen LogP contribution in [0.5, 0.6) is 11.5 Å². The van der Waals surface area contributed by atoms with Crippen molar-refractivity contribution in [2.75, 3.05) is 0 Å². The number of nitrogens with zero attached hydrogens (tertiary/aromatic N) is 4. The van der Waals surface area contributed by atoms with Crippen molar-refractivity contribution < 1.29 is 4.74 Å². The number of para-hydroxylation sites is 2. The van der Waals surface area contributed by atoms with Gasteiger partial charge in [0, 0.05) is 16.3 Å². The third-order valence-corrected chi connectivity index (χ3v) is 7.88. The molecule has 0 atom stereocenters. The van der Waals surface area contributed by atoms with E-state index in [0.29, 0.717) is 10.8 Å². The van der Waals surface area contributed by atoms with Gasteiger partial charge in [-0.3, -0.25) is 4.57 Å². The number of ether oxygens (including phenoxy) is 1. The maximum atomic E-state index is 6.13. The number of thiazole rings is 1. The molecule has 176 valence electrons. The zero-order valence-corrected chi connectivity index (χ0v) is 21.3. The molecule has 0 saturated heterocycles. The van der Waals surface area contributed by atoms with Crippen LogP contribution in [-0.2, 0) is 5.75 Å². The van der Waals surface area contributed by atoms with E-state index in [2.05, 4.69) is 20.8 Å². The van der Waals surface area contributed by atoms with Crippen LogP contribution in [0.2, 0.25) is 5.02 Å². The Hall–Kier alpha value is -3.65. The summed E-state index contributed by atoms with van der Waals surface area (Å²) >= 11 is 9.45. The number of rotatable bonds is 7. The first-order chi connectivity index (χ1) is 17.7. The van der Waals surface area contributed by atoms with Gasteiger partial charge in [-0.15, -0.1) is 21.5 Å². The van der Waals surface area contributed by atoms with Gasteiger partial charge in [0.05, 0.1) is 16.0 Å².